The van der Waals surface area contributed by atoms with Gasteiger partial charge in [0.25, 0.3) is 5.91 Å². The lowest BCUT2D eigenvalue weighted by atomic mass is 9.87. The SMILES string of the molecule is CC[C@@H](C)NC(=O)[C@H](C)N(Cc1ccccc1C)C(=O)COc1ccc(C(C)(C)C)cc1Br. The van der Waals surface area contributed by atoms with Crippen molar-refractivity contribution >= 4 is 27.7 Å². The third-order valence-electron chi connectivity index (χ3n) is 5.92. The maximum absolute atomic E-state index is 13.3. The molecule has 0 radical (unpaired) electrons. The standard InChI is InChI=1S/C27H37BrN2O3/c1-8-19(3)29-26(32)20(4)30(16-21-12-10-9-11-18(21)2)25(31)17-33-24-14-13-22(15-23(24)28)27(5,6)7/h9-15,19-20H,8,16-17H2,1-7H3,(H,29,32)/t19-,20+/m1/s1. The van der Waals surface area contributed by atoms with Gasteiger partial charge in [-0.3, -0.25) is 9.59 Å². The van der Waals surface area contributed by atoms with Gasteiger partial charge in [-0.2, -0.15) is 0 Å². The highest BCUT2D eigenvalue weighted by Crippen LogP contribution is 2.31. The number of halogens is 1. The summed E-state index contributed by atoms with van der Waals surface area (Å²) in [6, 6.07) is 13.2. The maximum atomic E-state index is 13.3. The Bertz CT molecular complexity index is 968. The van der Waals surface area contributed by atoms with Gasteiger partial charge in [-0.1, -0.05) is 58.0 Å². The van der Waals surface area contributed by atoms with Crippen molar-refractivity contribution in [3.05, 3.63) is 63.6 Å². The van der Waals surface area contributed by atoms with E-state index in [1.807, 2.05) is 63.2 Å². The fourth-order valence-corrected chi connectivity index (χ4v) is 3.82. The predicted molar refractivity (Wildman–Crippen MR) is 137 cm³/mol. The van der Waals surface area contributed by atoms with Crippen molar-refractivity contribution in [3.8, 4) is 5.75 Å². The maximum Gasteiger partial charge on any atom is 0.261 e. The van der Waals surface area contributed by atoms with E-state index in [9.17, 15) is 9.59 Å². The van der Waals surface area contributed by atoms with Gasteiger partial charge in [0.2, 0.25) is 5.91 Å². The van der Waals surface area contributed by atoms with Crippen LogP contribution < -0.4 is 10.1 Å². The van der Waals surface area contributed by atoms with Crippen molar-refractivity contribution in [1.82, 2.24) is 10.2 Å². The Labute approximate surface area is 207 Å². The minimum Gasteiger partial charge on any atom is -0.483 e. The molecule has 0 unspecified atom stereocenters. The van der Waals surface area contributed by atoms with Gasteiger partial charge < -0.3 is 15.0 Å². The molecule has 0 aliphatic rings. The molecule has 5 nitrogen and oxygen atoms in total. The van der Waals surface area contributed by atoms with Crippen LogP contribution in [-0.4, -0.2) is 35.4 Å². The van der Waals surface area contributed by atoms with E-state index < -0.39 is 6.04 Å². The average Bonchev–Trinajstić information content (AvgIpc) is 2.76. The molecule has 6 heteroatoms. The summed E-state index contributed by atoms with van der Waals surface area (Å²) in [7, 11) is 0. The number of carbonyl (C=O) groups is 2. The van der Waals surface area contributed by atoms with E-state index in [1.165, 1.54) is 5.56 Å². The fraction of sp³-hybridized carbons (Fsp3) is 0.481. The lowest BCUT2D eigenvalue weighted by molar-refractivity contribution is -0.142. The van der Waals surface area contributed by atoms with Crippen LogP contribution in [0.5, 0.6) is 5.75 Å². The zero-order chi connectivity index (χ0) is 24.8. The summed E-state index contributed by atoms with van der Waals surface area (Å²) in [5, 5.41) is 2.99. The summed E-state index contributed by atoms with van der Waals surface area (Å²) >= 11 is 3.56. The van der Waals surface area contributed by atoms with E-state index >= 15 is 0 Å². The number of hydrogen-bond donors (Lipinski definition) is 1. The van der Waals surface area contributed by atoms with Gasteiger partial charge in [0.15, 0.2) is 6.61 Å². The number of aryl methyl sites for hydroxylation is 1. The number of nitrogens with one attached hydrogen (secondary N) is 1. The van der Waals surface area contributed by atoms with E-state index in [4.69, 9.17) is 4.74 Å². The number of carbonyl (C=O) groups excluding carboxylic acids is 2. The Morgan fingerprint density at radius 1 is 1.12 bits per heavy atom. The summed E-state index contributed by atoms with van der Waals surface area (Å²) < 4.78 is 6.68. The molecule has 0 spiro atoms. The summed E-state index contributed by atoms with van der Waals surface area (Å²) in [5.74, 6) is 0.197. The summed E-state index contributed by atoms with van der Waals surface area (Å²) in [4.78, 5) is 27.7. The molecule has 0 bridgehead atoms. The van der Waals surface area contributed by atoms with Crippen LogP contribution in [0.1, 0.15) is 64.7 Å². The van der Waals surface area contributed by atoms with Gasteiger partial charge in [-0.25, -0.2) is 0 Å². The average molecular weight is 518 g/mol. The molecule has 33 heavy (non-hydrogen) atoms. The number of ether oxygens (including phenoxy) is 1. The molecule has 2 atom stereocenters. The largest absolute Gasteiger partial charge is 0.483 e. The van der Waals surface area contributed by atoms with Crippen LogP contribution in [0.3, 0.4) is 0 Å². The topological polar surface area (TPSA) is 58.6 Å². The van der Waals surface area contributed by atoms with Crippen LogP contribution in [0.4, 0.5) is 0 Å². The van der Waals surface area contributed by atoms with Crippen molar-refractivity contribution < 1.29 is 14.3 Å². The first kappa shape index (κ1) is 26.9. The van der Waals surface area contributed by atoms with E-state index in [2.05, 4.69) is 42.0 Å². The minimum absolute atomic E-state index is 0.0135. The van der Waals surface area contributed by atoms with Gasteiger partial charge in [0.05, 0.1) is 4.47 Å². The van der Waals surface area contributed by atoms with Gasteiger partial charge >= 0.3 is 0 Å². The summed E-state index contributed by atoms with van der Waals surface area (Å²) in [6.07, 6.45) is 0.825. The first-order chi connectivity index (χ1) is 15.4. The number of nitrogens with zero attached hydrogens (tertiary/aromatic N) is 1. The van der Waals surface area contributed by atoms with E-state index in [-0.39, 0.29) is 29.9 Å². The molecular formula is C27H37BrN2O3. The molecule has 2 rings (SSSR count). The molecule has 0 heterocycles. The Kier molecular flexibility index (Phi) is 9.53. The third-order valence-corrected chi connectivity index (χ3v) is 6.54. The molecule has 0 aliphatic carbocycles. The molecule has 0 aromatic heterocycles. The molecule has 0 saturated heterocycles. The second kappa shape index (κ2) is 11.7. The summed E-state index contributed by atoms with van der Waals surface area (Å²) in [5.41, 5.74) is 3.26. The van der Waals surface area contributed by atoms with E-state index in [1.54, 1.807) is 11.8 Å². The van der Waals surface area contributed by atoms with Crippen LogP contribution in [0.2, 0.25) is 0 Å². The highest BCUT2D eigenvalue weighted by atomic mass is 79.9. The molecular weight excluding hydrogens is 480 g/mol. The van der Waals surface area contributed by atoms with Gasteiger partial charge in [-0.15, -0.1) is 0 Å². The smallest absolute Gasteiger partial charge is 0.261 e. The number of benzene rings is 2. The molecule has 0 aliphatic heterocycles. The molecule has 2 amide bonds. The van der Waals surface area contributed by atoms with Gasteiger partial charge in [0, 0.05) is 12.6 Å². The van der Waals surface area contributed by atoms with E-state index in [0.717, 1.165) is 22.0 Å². The van der Waals surface area contributed by atoms with Crippen molar-refractivity contribution in [1.29, 1.82) is 0 Å². The number of rotatable bonds is 9. The fourth-order valence-electron chi connectivity index (χ4n) is 3.33. The van der Waals surface area contributed by atoms with Crippen molar-refractivity contribution in [2.75, 3.05) is 6.61 Å². The highest BCUT2D eigenvalue weighted by Gasteiger charge is 2.27. The quantitative estimate of drug-likeness (QED) is 0.460. The van der Waals surface area contributed by atoms with Crippen LogP contribution in [0.25, 0.3) is 0 Å². The molecule has 1 N–H and O–H groups in total. The number of hydrogen-bond acceptors (Lipinski definition) is 3. The van der Waals surface area contributed by atoms with Crippen LogP contribution in [0, 0.1) is 6.92 Å². The lowest BCUT2D eigenvalue weighted by Gasteiger charge is -2.30. The zero-order valence-electron chi connectivity index (χ0n) is 20.9. The third kappa shape index (κ3) is 7.60. The number of amides is 2. The van der Waals surface area contributed by atoms with Crippen molar-refractivity contribution in [2.24, 2.45) is 0 Å². The first-order valence-electron chi connectivity index (χ1n) is 11.5. The molecule has 0 fully saturated rings. The minimum atomic E-state index is -0.624. The zero-order valence-corrected chi connectivity index (χ0v) is 22.5. The monoisotopic (exact) mass is 516 g/mol. The highest BCUT2D eigenvalue weighted by molar-refractivity contribution is 9.10. The summed E-state index contributed by atoms with van der Waals surface area (Å²) in [6.45, 7) is 14.4. The second-order valence-corrected chi connectivity index (χ2v) is 10.5. The lowest BCUT2D eigenvalue weighted by Crippen LogP contribution is -2.50. The predicted octanol–water partition coefficient (Wildman–Crippen LogP) is 5.77. The Hall–Kier alpha value is -2.34. The van der Waals surface area contributed by atoms with Gasteiger partial charge in [0.1, 0.15) is 11.8 Å². The molecule has 0 saturated carbocycles. The molecule has 2 aromatic rings. The Morgan fingerprint density at radius 3 is 2.36 bits per heavy atom. The second-order valence-electron chi connectivity index (χ2n) is 9.63. The first-order valence-corrected chi connectivity index (χ1v) is 12.3. The van der Waals surface area contributed by atoms with E-state index in [0.29, 0.717) is 12.3 Å². The van der Waals surface area contributed by atoms with Crippen LogP contribution in [-0.2, 0) is 21.5 Å². The van der Waals surface area contributed by atoms with Gasteiger partial charge in [-0.05, 0) is 77.4 Å². The van der Waals surface area contributed by atoms with Crippen molar-refractivity contribution in [3.63, 3.8) is 0 Å². The molecule has 180 valence electrons. The molecule has 2 aromatic carbocycles. The normalized spacial score (nSPS) is 13.2. The van der Waals surface area contributed by atoms with Crippen LogP contribution >= 0.6 is 15.9 Å². The Morgan fingerprint density at radius 2 is 1.79 bits per heavy atom. The Balaban J connectivity index is 2.20. The van der Waals surface area contributed by atoms with Crippen LogP contribution in [0.15, 0.2) is 46.9 Å². The van der Waals surface area contributed by atoms with Crippen molar-refractivity contribution in [2.45, 2.75) is 78.9 Å².